The van der Waals surface area contributed by atoms with E-state index in [0.717, 1.165) is 5.56 Å². The van der Waals surface area contributed by atoms with Gasteiger partial charge in [-0.05, 0) is 49.1 Å². The number of rotatable bonds is 5. The standard InChI is InChI=1S/C15H18NO5P/c17-12-6-1-4-11(10-12)5-2-7-13-14(16-22(19,20)21)8-3-9-15(13)18/h1,3-4,6,8-10,13,17-18H,2,5,7H2,(H2,19,20,21)/b16-14+. The molecular weight excluding hydrogens is 305 g/mol. The van der Waals surface area contributed by atoms with Gasteiger partial charge in [-0.3, -0.25) is 0 Å². The van der Waals surface area contributed by atoms with Crippen molar-refractivity contribution in [1.29, 1.82) is 0 Å². The molecule has 4 N–H and O–H groups in total. The van der Waals surface area contributed by atoms with Gasteiger partial charge in [-0.2, -0.15) is 4.76 Å². The fourth-order valence-corrected chi connectivity index (χ4v) is 2.91. The third-order valence-electron chi connectivity index (χ3n) is 3.36. The summed E-state index contributed by atoms with van der Waals surface area (Å²) in [5, 5.41) is 19.3. The van der Waals surface area contributed by atoms with Gasteiger partial charge in [0.2, 0.25) is 0 Å². The maximum Gasteiger partial charge on any atom is 0.448 e. The van der Waals surface area contributed by atoms with Gasteiger partial charge in [-0.15, -0.1) is 0 Å². The number of aryl methyl sites for hydroxylation is 1. The van der Waals surface area contributed by atoms with Crippen molar-refractivity contribution in [1.82, 2.24) is 0 Å². The second-order valence-corrected chi connectivity index (χ2v) is 6.33. The molecule has 1 aromatic carbocycles. The number of benzene rings is 1. The first-order valence-electron chi connectivity index (χ1n) is 6.86. The van der Waals surface area contributed by atoms with Crippen LogP contribution < -0.4 is 0 Å². The Morgan fingerprint density at radius 1 is 1.23 bits per heavy atom. The smallest absolute Gasteiger partial charge is 0.448 e. The van der Waals surface area contributed by atoms with E-state index in [1.165, 1.54) is 18.2 Å². The fourth-order valence-electron chi connectivity index (χ4n) is 2.40. The molecule has 0 aromatic heterocycles. The Hall–Kier alpha value is -1.88. The van der Waals surface area contributed by atoms with Crippen molar-refractivity contribution in [3.63, 3.8) is 0 Å². The van der Waals surface area contributed by atoms with Crippen LogP contribution in [0.5, 0.6) is 5.75 Å². The molecule has 1 aromatic rings. The van der Waals surface area contributed by atoms with Crippen molar-refractivity contribution in [3.05, 3.63) is 53.8 Å². The molecule has 0 heterocycles. The number of aliphatic hydroxyl groups excluding tert-OH is 1. The van der Waals surface area contributed by atoms with Gasteiger partial charge < -0.3 is 20.0 Å². The maximum absolute atomic E-state index is 11.0. The predicted molar refractivity (Wildman–Crippen MR) is 83.9 cm³/mol. The van der Waals surface area contributed by atoms with E-state index in [1.807, 2.05) is 6.07 Å². The van der Waals surface area contributed by atoms with Gasteiger partial charge in [0, 0.05) is 0 Å². The summed E-state index contributed by atoms with van der Waals surface area (Å²) in [5.41, 5.74) is 1.15. The summed E-state index contributed by atoms with van der Waals surface area (Å²) in [5.74, 6) is -0.273. The monoisotopic (exact) mass is 323 g/mol. The molecule has 1 aliphatic carbocycles. The zero-order chi connectivity index (χ0) is 16.2. The summed E-state index contributed by atoms with van der Waals surface area (Å²) >= 11 is 0. The largest absolute Gasteiger partial charge is 0.512 e. The summed E-state index contributed by atoms with van der Waals surface area (Å²) in [4.78, 5) is 17.9. The van der Waals surface area contributed by atoms with Crippen LogP contribution in [-0.2, 0) is 11.0 Å². The summed E-state index contributed by atoms with van der Waals surface area (Å²) in [6.45, 7) is 0. The Balaban J connectivity index is 2.03. The second-order valence-electron chi connectivity index (χ2n) is 5.10. The van der Waals surface area contributed by atoms with E-state index < -0.39 is 13.7 Å². The van der Waals surface area contributed by atoms with Gasteiger partial charge in [0.25, 0.3) is 0 Å². The molecule has 0 bridgehead atoms. The van der Waals surface area contributed by atoms with Crippen molar-refractivity contribution in [2.24, 2.45) is 10.7 Å². The first kappa shape index (κ1) is 16.5. The number of aromatic hydroxyl groups is 1. The summed E-state index contributed by atoms with van der Waals surface area (Å²) in [7, 11) is -4.53. The van der Waals surface area contributed by atoms with Gasteiger partial charge in [0.1, 0.15) is 11.5 Å². The van der Waals surface area contributed by atoms with E-state index in [2.05, 4.69) is 4.76 Å². The second kappa shape index (κ2) is 6.92. The molecule has 118 valence electrons. The Kier molecular flexibility index (Phi) is 5.19. The highest BCUT2D eigenvalue weighted by atomic mass is 31.2. The number of phenols is 1. The van der Waals surface area contributed by atoms with Crippen LogP contribution in [0.1, 0.15) is 18.4 Å². The van der Waals surface area contributed by atoms with Crippen LogP contribution in [0.15, 0.2) is 53.0 Å². The highest BCUT2D eigenvalue weighted by molar-refractivity contribution is 7.50. The lowest BCUT2D eigenvalue weighted by Gasteiger charge is -2.19. The zero-order valence-electron chi connectivity index (χ0n) is 11.8. The Morgan fingerprint density at radius 3 is 2.68 bits per heavy atom. The normalized spacial score (nSPS) is 20.2. The average molecular weight is 323 g/mol. The van der Waals surface area contributed by atoms with Crippen LogP contribution in [-0.4, -0.2) is 25.7 Å². The molecule has 2 rings (SSSR count). The minimum absolute atomic E-state index is 0.0469. The summed E-state index contributed by atoms with van der Waals surface area (Å²) < 4.78 is 14.4. The average Bonchev–Trinajstić information content (AvgIpc) is 2.40. The molecule has 0 amide bonds. The van der Waals surface area contributed by atoms with E-state index in [1.54, 1.807) is 18.2 Å². The molecular formula is C15H18NO5P. The van der Waals surface area contributed by atoms with Crippen molar-refractivity contribution >= 4 is 13.5 Å². The van der Waals surface area contributed by atoms with Crippen molar-refractivity contribution in [2.75, 3.05) is 0 Å². The summed E-state index contributed by atoms with van der Waals surface area (Å²) in [6.07, 6.45) is 6.37. The molecule has 0 radical (unpaired) electrons. The Bertz CT molecular complexity index is 674. The number of allylic oxidation sites excluding steroid dienone is 4. The number of hydrogen-bond donors (Lipinski definition) is 4. The van der Waals surface area contributed by atoms with Crippen LogP contribution in [0.25, 0.3) is 0 Å². The molecule has 0 saturated heterocycles. The lowest BCUT2D eigenvalue weighted by atomic mass is 9.90. The topological polar surface area (TPSA) is 110 Å². The van der Waals surface area contributed by atoms with E-state index in [4.69, 9.17) is 9.79 Å². The molecule has 1 aliphatic rings. The van der Waals surface area contributed by atoms with Gasteiger partial charge in [-0.25, -0.2) is 4.57 Å². The predicted octanol–water partition coefficient (Wildman–Crippen LogP) is 2.88. The zero-order valence-corrected chi connectivity index (χ0v) is 12.7. The Labute approximate surface area is 128 Å². The lowest BCUT2D eigenvalue weighted by molar-refractivity contribution is 0.352. The third-order valence-corrected chi connectivity index (χ3v) is 3.85. The molecule has 1 atom stereocenters. The minimum Gasteiger partial charge on any atom is -0.512 e. The highest BCUT2D eigenvalue weighted by Crippen LogP contribution is 2.38. The van der Waals surface area contributed by atoms with Gasteiger partial charge in [-0.1, -0.05) is 18.2 Å². The SMILES string of the molecule is O=P(O)(O)/N=C1\C=CC=C(O)C1CCCc1cccc(O)c1. The van der Waals surface area contributed by atoms with E-state index in [9.17, 15) is 14.8 Å². The lowest BCUT2D eigenvalue weighted by Crippen LogP contribution is -2.18. The molecule has 0 spiro atoms. The third kappa shape index (κ3) is 4.84. The first-order chi connectivity index (χ1) is 10.3. The highest BCUT2D eigenvalue weighted by Gasteiger charge is 2.24. The maximum atomic E-state index is 11.0. The van der Waals surface area contributed by atoms with Crippen molar-refractivity contribution < 1.29 is 24.6 Å². The molecule has 0 fully saturated rings. The molecule has 1 unspecified atom stereocenters. The molecule has 7 heteroatoms. The molecule has 6 nitrogen and oxygen atoms in total. The van der Waals surface area contributed by atoms with E-state index in [-0.39, 0.29) is 17.2 Å². The van der Waals surface area contributed by atoms with Gasteiger partial charge >= 0.3 is 7.75 Å². The van der Waals surface area contributed by atoms with Crippen LogP contribution in [0.2, 0.25) is 0 Å². The van der Waals surface area contributed by atoms with Crippen molar-refractivity contribution in [3.8, 4) is 5.75 Å². The van der Waals surface area contributed by atoms with E-state index in [0.29, 0.717) is 19.3 Å². The van der Waals surface area contributed by atoms with Crippen LogP contribution in [0.3, 0.4) is 0 Å². The fraction of sp³-hybridized carbons (Fsp3) is 0.267. The molecule has 22 heavy (non-hydrogen) atoms. The van der Waals surface area contributed by atoms with E-state index >= 15 is 0 Å². The first-order valence-corrected chi connectivity index (χ1v) is 8.42. The molecule has 0 aliphatic heterocycles. The minimum atomic E-state index is -4.53. The Morgan fingerprint density at radius 2 is 2.00 bits per heavy atom. The number of nitrogens with zero attached hydrogens (tertiary/aromatic N) is 1. The number of phenolic OH excluding ortho intramolecular Hbond substituents is 1. The molecule has 0 saturated carbocycles. The number of aliphatic hydroxyl groups is 1. The van der Waals surface area contributed by atoms with Crippen LogP contribution >= 0.6 is 7.75 Å². The van der Waals surface area contributed by atoms with Crippen molar-refractivity contribution in [2.45, 2.75) is 19.3 Å². The van der Waals surface area contributed by atoms with Gasteiger partial charge in [0.05, 0.1) is 11.6 Å². The van der Waals surface area contributed by atoms with Gasteiger partial charge in [0.15, 0.2) is 0 Å². The van der Waals surface area contributed by atoms with Crippen LogP contribution in [0.4, 0.5) is 0 Å². The summed E-state index contributed by atoms with van der Waals surface area (Å²) in [6, 6.07) is 6.91. The number of hydrogen-bond acceptors (Lipinski definition) is 3. The quantitative estimate of drug-likeness (QED) is 0.623. The van der Waals surface area contributed by atoms with Crippen LogP contribution in [0, 0.1) is 5.92 Å².